The number of methoxy groups -OCH3 is 1. The van der Waals surface area contributed by atoms with Crippen molar-refractivity contribution >= 4 is 33.4 Å². The van der Waals surface area contributed by atoms with E-state index in [1.807, 2.05) is 0 Å². The van der Waals surface area contributed by atoms with Crippen molar-refractivity contribution < 1.29 is 17.9 Å². The summed E-state index contributed by atoms with van der Waals surface area (Å²) in [6, 6.07) is 10.1. The summed E-state index contributed by atoms with van der Waals surface area (Å²) in [4.78, 5) is 16.2. The predicted molar refractivity (Wildman–Crippen MR) is 97.5 cm³/mol. The number of carbonyl (C=O) groups excluding carboxylic acids is 1. The lowest BCUT2D eigenvalue weighted by molar-refractivity contribution is -0.113. The second kappa shape index (κ2) is 8.32. The molecule has 1 aromatic heterocycles. The number of carbonyl (C=O) groups is 1. The molecule has 1 heterocycles. The fourth-order valence-corrected chi connectivity index (χ4v) is 3.32. The highest BCUT2D eigenvalue weighted by Crippen LogP contribution is 2.20. The number of nitrogens with one attached hydrogen (secondary N) is 1. The van der Waals surface area contributed by atoms with Crippen LogP contribution in [0.15, 0.2) is 52.5 Å². The number of nitrogens with zero attached hydrogens (tertiary/aromatic N) is 2. The Morgan fingerprint density at radius 3 is 2.40 bits per heavy atom. The molecule has 25 heavy (non-hydrogen) atoms. The molecule has 0 saturated heterocycles. The third kappa shape index (κ3) is 5.18. The van der Waals surface area contributed by atoms with Gasteiger partial charge in [-0.1, -0.05) is 11.8 Å². The first-order chi connectivity index (χ1) is 11.8. The van der Waals surface area contributed by atoms with Crippen LogP contribution in [-0.4, -0.2) is 50.6 Å². The van der Waals surface area contributed by atoms with E-state index in [9.17, 15) is 13.2 Å². The molecule has 0 unspecified atom stereocenters. The zero-order chi connectivity index (χ0) is 18.4. The predicted octanol–water partition coefficient (Wildman–Crippen LogP) is 2.07. The number of anilines is 1. The van der Waals surface area contributed by atoms with Crippen molar-refractivity contribution in [2.75, 3.05) is 32.3 Å². The molecule has 0 spiro atoms. The van der Waals surface area contributed by atoms with Crippen molar-refractivity contribution in [1.29, 1.82) is 0 Å². The van der Waals surface area contributed by atoms with Crippen molar-refractivity contribution in [3.63, 3.8) is 0 Å². The van der Waals surface area contributed by atoms with E-state index < -0.39 is 10.0 Å². The van der Waals surface area contributed by atoms with Crippen molar-refractivity contribution in [1.82, 2.24) is 9.29 Å². The normalized spacial score (nSPS) is 11.4. The van der Waals surface area contributed by atoms with Gasteiger partial charge in [-0.25, -0.2) is 17.7 Å². The second-order valence-corrected chi connectivity index (χ2v) is 8.33. The summed E-state index contributed by atoms with van der Waals surface area (Å²) in [6.45, 7) is 0. The topological polar surface area (TPSA) is 88.6 Å². The van der Waals surface area contributed by atoms with Crippen molar-refractivity contribution in [2.45, 2.75) is 9.92 Å². The van der Waals surface area contributed by atoms with Gasteiger partial charge < -0.3 is 10.1 Å². The number of sulfonamides is 1. The third-order valence-corrected chi connectivity index (χ3v) is 5.96. The van der Waals surface area contributed by atoms with Gasteiger partial charge in [-0.05, 0) is 36.4 Å². The maximum absolute atomic E-state index is 12.0. The second-order valence-electron chi connectivity index (χ2n) is 5.18. The molecule has 0 aliphatic rings. The summed E-state index contributed by atoms with van der Waals surface area (Å²) in [7, 11) is 0.996. The molecule has 1 N–H and O–H groups in total. The molecule has 0 bridgehead atoms. The Kier molecular flexibility index (Phi) is 6.40. The molecular weight excluding hydrogens is 362 g/mol. The zero-order valence-electron chi connectivity index (χ0n) is 14.1. The molecule has 0 aliphatic heterocycles. The fraction of sp³-hybridized carbons (Fsp3) is 0.250. The first-order valence-electron chi connectivity index (χ1n) is 7.28. The van der Waals surface area contributed by atoms with Crippen LogP contribution < -0.4 is 10.1 Å². The summed E-state index contributed by atoms with van der Waals surface area (Å²) in [5.41, 5.74) is 0.673. The van der Waals surface area contributed by atoms with E-state index in [0.29, 0.717) is 16.5 Å². The maximum Gasteiger partial charge on any atom is 0.244 e. The highest BCUT2D eigenvalue weighted by atomic mass is 32.2. The van der Waals surface area contributed by atoms with Gasteiger partial charge in [0.2, 0.25) is 15.9 Å². The number of rotatable bonds is 7. The molecule has 0 aliphatic carbocycles. The molecule has 2 rings (SSSR count). The van der Waals surface area contributed by atoms with Crippen LogP contribution in [-0.2, 0) is 14.8 Å². The Hall–Kier alpha value is -2.10. The number of hydrogen-bond donors (Lipinski definition) is 1. The molecule has 0 saturated carbocycles. The van der Waals surface area contributed by atoms with Crippen LogP contribution in [0.3, 0.4) is 0 Å². The molecule has 1 aromatic carbocycles. The van der Waals surface area contributed by atoms with E-state index in [-0.39, 0.29) is 16.6 Å². The molecule has 0 radical (unpaired) electrons. The van der Waals surface area contributed by atoms with Gasteiger partial charge in [-0.3, -0.25) is 4.79 Å². The molecular formula is C16H19N3O4S2. The average Bonchev–Trinajstić information content (AvgIpc) is 2.61. The molecule has 7 nitrogen and oxygen atoms in total. The minimum absolute atomic E-state index is 0.115. The van der Waals surface area contributed by atoms with Gasteiger partial charge in [-0.2, -0.15) is 0 Å². The zero-order valence-corrected chi connectivity index (χ0v) is 15.7. The van der Waals surface area contributed by atoms with Gasteiger partial charge in [0.25, 0.3) is 0 Å². The van der Waals surface area contributed by atoms with Crippen LogP contribution in [0.4, 0.5) is 5.69 Å². The number of thioether (sulfide) groups is 1. The third-order valence-electron chi connectivity index (χ3n) is 3.21. The molecule has 1 amide bonds. The van der Waals surface area contributed by atoms with E-state index in [0.717, 1.165) is 4.31 Å². The summed E-state index contributed by atoms with van der Waals surface area (Å²) >= 11 is 1.23. The van der Waals surface area contributed by atoms with Crippen LogP contribution in [0.25, 0.3) is 0 Å². The van der Waals surface area contributed by atoms with Crippen LogP contribution in [0, 0.1) is 0 Å². The molecule has 9 heteroatoms. The van der Waals surface area contributed by atoms with Crippen molar-refractivity contribution in [3.05, 3.63) is 42.6 Å². The number of amides is 1. The molecule has 0 atom stereocenters. The Bertz CT molecular complexity index is 819. The fourth-order valence-electron chi connectivity index (χ4n) is 1.83. The van der Waals surface area contributed by atoms with Gasteiger partial charge in [0, 0.05) is 26.0 Å². The number of benzene rings is 1. The first-order valence-corrected chi connectivity index (χ1v) is 9.71. The lowest BCUT2D eigenvalue weighted by Crippen LogP contribution is -2.22. The van der Waals surface area contributed by atoms with Crippen LogP contribution in [0.1, 0.15) is 0 Å². The standard InChI is InChI=1S/C16H19N3O4S2/c1-19(2)25(21,22)14-8-9-16(17-10-14)24-11-15(20)18-12-4-6-13(23-3)7-5-12/h4-10H,11H2,1-3H3,(H,18,20). The SMILES string of the molecule is COc1ccc(NC(=O)CSc2ccc(S(=O)(=O)N(C)C)cn2)cc1. The van der Waals surface area contributed by atoms with Gasteiger partial charge in [-0.15, -0.1) is 0 Å². The summed E-state index contributed by atoms with van der Waals surface area (Å²) < 4.78 is 30.1. The van der Waals surface area contributed by atoms with Crippen molar-refractivity contribution in [3.8, 4) is 5.75 Å². The summed E-state index contributed by atoms with van der Waals surface area (Å²) in [6.07, 6.45) is 1.29. The Morgan fingerprint density at radius 1 is 1.20 bits per heavy atom. The van der Waals surface area contributed by atoms with Gasteiger partial charge in [0.1, 0.15) is 10.6 Å². The van der Waals surface area contributed by atoms with E-state index in [1.165, 1.54) is 38.1 Å². The molecule has 2 aromatic rings. The number of hydrogen-bond acceptors (Lipinski definition) is 6. The number of ether oxygens (including phenoxy) is 1. The number of pyridine rings is 1. The smallest absolute Gasteiger partial charge is 0.244 e. The van der Waals surface area contributed by atoms with Gasteiger partial charge in [0.05, 0.1) is 17.9 Å². The Balaban J connectivity index is 1.91. The maximum atomic E-state index is 12.0. The number of aromatic nitrogens is 1. The van der Waals surface area contributed by atoms with Crippen LogP contribution >= 0.6 is 11.8 Å². The lowest BCUT2D eigenvalue weighted by Gasteiger charge is -2.11. The lowest BCUT2D eigenvalue weighted by atomic mass is 10.3. The van der Waals surface area contributed by atoms with E-state index in [1.54, 1.807) is 37.4 Å². The minimum atomic E-state index is -3.50. The molecule has 134 valence electrons. The quantitative estimate of drug-likeness (QED) is 0.739. The van der Waals surface area contributed by atoms with Gasteiger partial charge >= 0.3 is 0 Å². The monoisotopic (exact) mass is 381 g/mol. The Morgan fingerprint density at radius 2 is 1.88 bits per heavy atom. The summed E-state index contributed by atoms with van der Waals surface area (Å²) in [5.74, 6) is 0.699. The highest BCUT2D eigenvalue weighted by molar-refractivity contribution is 7.99. The molecule has 0 fully saturated rings. The average molecular weight is 381 g/mol. The first kappa shape index (κ1) is 19.2. The van der Waals surface area contributed by atoms with Crippen molar-refractivity contribution in [2.24, 2.45) is 0 Å². The van der Waals surface area contributed by atoms with Crippen LogP contribution in [0.5, 0.6) is 5.75 Å². The van der Waals surface area contributed by atoms with Gasteiger partial charge in [0.15, 0.2) is 0 Å². The minimum Gasteiger partial charge on any atom is -0.497 e. The summed E-state index contributed by atoms with van der Waals surface area (Å²) in [5, 5.41) is 3.34. The van der Waals surface area contributed by atoms with E-state index in [4.69, 9.17) is 4.74 Å². The Labute approximate surface area is 151 Å². The van der Waals surface area contributed by atoms with E-state index in [2.05, 4.69) is 10.3 Å². The van der Waals surface area contributed by atoms with Crippen LogP contribution in [0.2, 0.25) is 0 Å². The van der Waals surface area contributed by atoms with E-state index >= 15 is 0 Å². The highest BCUT2D eigenvalue weighted by Gasteiger charge is 2.17. The largest absolute Gasteiger partial charge is 0.497 e.